The minimum absolute atomic E-state index is 0.0848. The van der Waals surface area contributed by atoms with Crippen LogP contribution in [-0.2, 0) is 0 Å². The molecular formula is C12H19FN4. The van der Waals surface area contributed by atoms with Crippen molar-refractivity contribution in [2.45, 2.75) is 13.0 Å². The molecular weight excluding hydrogens is 219 g/mol. The summed E-state index contributed by atoms with van der Waals surface area (Å²) in [5.74, 6) is -0.283. The lowest BCUT2D eigenvalue weighted by molar-refractivity contribution is 0.0898. The molecule has 1 aliphatic rings. The summed E-state index contributed by atoms with van der Waals surface area (Å²) in [6.45, 7) is 6.12. The van der Waals surface area contributed by atoms with Crippen LogP contribution in [0.3, 0.4) is 0 Å². The van der Waals surface area contributed by atoms with E-state index in [2.05, 4.69) is 27.4 Å². The third kappa shape index (κ3) is 3.46. The zero-order valence-electron chi connectivity index (χ0n) is 10.4. The van der Waals surface area contributed by atoms with E-state index in [4.69, 9.17) is 0 Å². The number of nitrogens with zero attached hydrogens (tertiary/aromatic N) is 3. The molecule has 1 N–H and O–H groups in total. The Bertz CT molecular complexity index is 363. The number of nitrogens with one attached hydrogen (secondary N) is 1. The molecule has 4 nitrogen and oxygen atoms in total. The second-order valence-electron chi connectivity index (χ2n) is 4.58. The second-order valence-corrected chi connectivity index (χ2v) is 4.58. The highest BCUT2D eigenvalue weighted by Crippen LogP contribution is 2.13. The number of hydrazine groups is 1. The van der Waals surface area contributed by atoms with E-state index in [-0.39, 0.29) is 11.9 Å². The molecule has 1 unspecified atom stereocenters. The Hall–Kier alpha value is -1.04. The van der Waals surface area contributed by atoms with Crippen molar-refractivity contribution in [3.8, 4) is 0 Å². The van der Waals surface area contributed by atoms with Gasteiger partial charge in [-0.15, -0.1) is 0 Å². The average molecular weight is 238 g/mol. The summed E-state index contributed by atoms with van der Waals surface area (Å²) in [5.41, 5.74) is 4.26. The lowest BCUT2D eigenvalue weighted by atomic mass is 10.1. The van der Waals surface area contributed by atoms with Crippen molar-refractivity contribution in [1.82, 2.24) is 20.3 Å². The quantitative estimate of drug-likeness (QED) is 0.852. The van der Waals surface area contributed by atoms with Gasteiger partial charge in [-0.2, -0.15) is 0 Å². The van der Waals surface area contributed by atoms with Crippen LogP contribution in [-0.4, -0.2) is 48.1 Å². The molecule has 1 aromatic rings. The van der Waals surface area contributed by atoms with Crippen molar-refractivity contribution in [2.75, 3.05) is 33.2 Å². The number of pyridine rings is 1. The molecule has 94 valence electrons. The third-order valence-electron chi connectivity index (χ3n) is 3.11. The average Bonchev–Trinajstić information content (AvgIpc) is 2.32. The number of hydrogen-bond acceptors (Lipinski definition) is 4. The number of aromatic nitrogens is 1. The van der Waals surface area contributed by atoms with E-state index in [1.54, 1.807) is 6.20 Å². The van der Waals surface area contributed by atoms with E-state index in [0.717, 1.165) is 31.7 Å². The van der Waals surface area contributed by atoms with Crippen molar-refractivity contribution in [3.63, 3.8) is 0 Å². The molecule has 17 heavy (non-hydrogen) atoms. The van der Waals surface area contributed by atoms with Crippen LogP contribution in [0.5, 0.6) is 0 Å². The van der Waals surface area contributed by atoms with E-state index in [1.165, 1.54) is 12.3 Å². The van der Waals surface area contributed by atoms with Gasteiger partial charge in [0.15, 0.2) is 0 Å². The van der Waals surface area contributed by atoms with Crippen molar-refractivity contribution >= 4 is 0 Å². The Kier molecular flexibility index (Phi) is 4.04. The minimum atomic E-state index is -0.283. The molecule has 2 rings (SSSR count). The zero-order chi connectivity index (χ0) is 12.3. The topological polar surface area (TPSA) is 31.4 Å². The Morgan fingerprint density at radius 3 is 2.65 bits per heavy atom. The summed E-state index contributed by atoms with van der Waals surface area (Å²) in [6, 6.07) is 1.61. The van der Waals surface area contributed by atoms with E-state index >= 15 is 0 Å². The molecule has 0 bridgehead atoms. The minimum Gasteiger partial charge on any atom is -0.304 e. The zero-order valence-corrected chi connectivity index (χ0v) is 10.4. The first kappa shape index (κ1) is 12.4. The monoisotopic (exact) mass is 238 g/mol. The van der Waals surface area contributed by atoms with Crippen LogP contribution in [0.15, 0.2) is 18.5 Å². The molecule has 1 fully saturated rings. The van der Waals surface area contributed by atoms with Gasteiger partial charge in [0.25, 0.3) is 0 Å². The fourth-order valence-electron chi connectivity index (χ4n) is 1.95. The van der Waals surface area contributed by atoms with Crippen molar-refractivity contribution in [2.24, 2.45) is 0 Å². The maximum absolute atomic E-state index is 13.0. The molecule has 0 amide bonds. The maximum atomic E-state index is 13.0. The molecule has 0 aliphatic carbocycles. The van der Waals surface area contributed by atoms with Gasteiger partial charge in [-0.3, -0.25) is 4.98 Å². The van der Waals surface area contributed by atoms with Gasteiger partial charge in [0.1, 0.15) is 5.82 Å². The highest BCUT2D eigenvalue weighted by molar-refractivity contribution is 5.13. The third-order valence-corrected chi connectivity index (χ3v) is 3.11. The van der Waals surface area contributed by atoms with Crippen LogP contribution in [0.4, 0.5) is 4.39 Å². The van der Waals surface area contributed by atoms with E-state index in [0.29, 0.717) is 0 Å². The van der Waals surface area contributed by atoms with Crippen LogP contribution in [0.25, 0.3) is 0 Å². The van der Waals surface area contributed by atoms with Crippen molar-refractivity contribution < 1.29 is 4.39 Å². The SMILES string of the molecule is CC(NN1CCN(C)CC1)c1cncc(F)c1. The smallest absolute Gasteiger partial charge is 0.141 e. The Morgan fingerprint density at radius 2 is 2.00 bits per heavy atom. The molecule has 1 aliphatic heterocycles. The summed E-state index contributed by atoms with van der Waals surface area (Å²) in [4.78, 5) is 6.17. The fraction of sp³-hybridized carbons (Fsp3) is 0.583. The Morgan fingerprint density at radius 1 is 1.29 bits per heavy atom. The Balaban J connectivity index is 1.90. The summed E-state index contributed by atoms with van der Waals surface area (Å²) in [6.07, 6.45) is 2.93. The molecule has 0 radical (unpaired) electrons. The predicted octanol–water partition coefficient (Wildman–Crippen LogP) is 1.03. The number of piperazine rings is 1. The van der Waals surface area contributed by atoms with Crippen LogP contribution in [0.2, 0.25) is 0 Å². The molecule has 1 atom stereocenters. The van der Waals surface area contributed by atoms with Gasteiger partial charge in [-0.1, -0.05) is 0 Å². The molecule has 2 heterocycles. The van der Waals surface area contributed by atoms with E-state index < -0.39 is 0 Å². The number of halogens is 1. The number of likely N-dealkylation sites (N-methyl/N-ethyl adjacent to an activating group) is 1. The van der Waals surface area contributed by atoms with Crippen LogP contribution >= 0.6 is 0 Å². The lowest BCUT2D eigenvalue weighted by Crippen LogP contribution is -2.51. The normalized spacial score (nSPS) is 20.4. The molecule has 5 heteroatoms. The van der Waals surface area contributed by atoms with Crippen LogP contribution < -0.4 is 5.43 Å². The van der Waals surface area contributed by atoms with Crippen molar-refractivity contribution in [3.05, 3.63) is 29.8 Å². The summed E-state index contributed by atoms with van der Waals surface area (Å²) in [5, 5.41) is 2.19. The van der Waals surface area contributed by atoms with Crippen LogP contribution in [0, 0.1) is 5.82 Å². The molecule has 0 aromatic carbocycles. The molecule has 1 aromatic heterocycles. The lowest BCUT2D eigenvalue weighted by Gasteiger charge is -2.34. The molecule has 0 saturated carbocycles. The number of rotatable bonds is 3. The van der Waals surface area contributed by atoms with E-state index in [1.807, 2.05) is 6.92 Å². The van der Waals surface area contributed by atoms with Gasteiger partial charge in [0, 0.05) is 38.4 Å². The van der Waals surface area contributed by atoms with Gasteiger partial charge < -0.3 is 4.90 Å². The standard InChI is InChI=1S/C12H19FN4/c1-10(11-7-12(13)9-14-8-11)15-17-5-3-16(2)4-6-17/h7-10,15H,3-6H2,1-2H3. The fourth-order valence-corrected chi connectivity index (χ4v) is 1.95. The van der Waals surface area contributed by atoms with E-state index in [9.17, 15) is 4.39 Å². The van der Waals surface area contributed by atoms with Gasteiger partial charge in [-0.25, -0.2) is 14.8 Å². The van der Waals surface area contributed by atoms with Gasteiger partial charge in [-0.05, 0) is 25.6 Å². The van der Waals surface area contributed by atoms with Crippen molar-refractivity contribution in [1.29, 1.82) is 0 Å². The van der Waals surface area contributed by atoms with Gasteiger partial charge in [0.05, 0.1) is 6.20 Å². The first-order valence-corrected chi connectivity index (χ1v) is 5.95. The summed E-state index contributed by atoms with van der Waals surface area (Å²) in [7, 11) is 2.12. The first-order valence-electron chi connectivity index (χ1n) is 5.95. The van der Waals surface area contributed by atoms with Gasteiger partial charge >= 0.3 is 0 Å². The molecule has 0 spiro atoms. The largest absolute Gasteiger partial charge is 0.304 e. The van der Waals surface area contributed by atoms with Gasteiger partial charge in [0.2, 0.25) is 0 Å². The number of hydrogen-bond donors (Lipinski definition) is 1. The maximum Gasteiger partial charge on any atom is 0.141 e. The highest BCUT2D eigenvalue weighted by atomic mass is 19.1. The summed E-state index contributed by atoms with van der Waals surface area (Å²) >= 11 is 0. The second kappa shape index (κ2) is 5.53. The Labute approximate surface area is 101 Å². The summed E-state index contributed by atoms with van der Waals surface area (Å²) < 4.78 is 13.0. The first-order chi connectivity index (χ1) is 8.15. The molecule has 1 saturated heterocycles. The highest BCUT2D eigenvalue weighted by Gasteiger charge is 2.16. The van der Waals surface area contributed by atoms with Crippen LogP contribution in [0.1, 0.15) is 18.5 Å². The predicted molar refractivity (Wildman–Crippen MR) is 64.8 cm³/mol.